The van der Waals surface area contributed by atoms with Crippen LogP contribution in [0.2, 0.25) is 0 Å². The number of rotatable bonds is 6. The summed E-state index contributed by atoms with van der Waals surface area (Å²) in [4.78, 5) is 23.4. The molecule has 3 aromatic rings. The van der Waals surface area contributed by atoms with Crippen molar-refractivity contribution in [3.8, 4) is 22.8 Å². The van der Waals surface area contributed by atoms with E-state index in [9.17, 15) is 9.59 Å². The number of amides is 1. The Morgan fingerprint density at radius 3 is 2.30 bits per heavy atom. The van der Waals surface area contributed by atoms with Crippen molar-refractivity contribution in [1.29, 1.82) is 0 Å². The van der Waals surface area contributed by atoms with Gasteiger partial charge in [-0.2, -0.15) is 5.10 Å². The molecule has 138 valence electrons. The third kappa shape index (κ3) is 4.72. The van der Waals surface area contributed by atoms with E-state index in [0.717, 1.165) is 11.3 Å². The fourth-order valence-corrected chi connectivity index (χ4v) is 2.40. The van der Waals surface area contributed by atoms with Crippen molar-refractivity contribution in [3.63, 3.8) is 0 Å². The molecule has 0 radical (unpaired) electrons. The Morgan fingerprint density at radius 2 is 1.67 bits per heavy atom. The minimum atomic E-state index is -0.265. The third-order valence-electron chi connectivity index (χ3n) is 3.85. The molecule has 0 atom stereocenters. The number of carbonyl (C=O) groups is 1. The van der Waals surface area contributed by atoms with Crippen LogP contribution in [0.15, 0.2) is 65.5 Å². The van der Waals surface area contributed by atoms with Gasteiger partial charge >= 0.3 is 0 Å². The van der Waals surface area contributed by atoms with Gasteiger partial charge in [0.15, 0.2) is 6.61 Å². The van der Waals surface area contributed by atoms with E-state index < -0.39 is 0 Å². The van der Waals surface area contributed by atoms with Crippen molar-refractivity contribution in [1.82, 2.24) is 9.78 Å². The number of aryl methyl sites for hydroxylation is 1. The lowest BCUT2D eigenvalue weighted by Crippen LogP contribution is -2.20. The molecule has 1 aromatic heterocycles. The van der Waals surface area contributed by atoms with E-state index in [0.29, 0.717) is 17.1 Å². The summed E-state index contributed by atoms with van der Waals surface area (Å²) in [5.41, 5.74) is 2.00. The Labute approximate surface area is 156 Å². The Bertz CT molecular complexity index is 979. The molecule has 7 nitrogen and oxygen atoms in total. The molecular formula is C20H19N3O4. The highest BCUT2D eigenvalue weighted by Gasteiger charge is 2.06. The smallest absolute Gasteiger partial charge is 0.266 e. The Hall–Kier alpha value is -3.61. The summed E-state index contributed by atoms with van der Waals surface area (Å²) in [6.07, 6.45) is 0. The van der Waals surface area contributed by atoms with Gasteiger partial charge in [-0.3, -0.25) is 9.59 Å². The predicted octanol–water partition coefficient (Wildman–Crippen LogP) is 2.47. The standard InChI is InChI=1S/C20H19N3O4/c1-23-20(25)12-11-18(22-23)14-3-5-15(6-4-14)21-19(24)13-27-17-9-7-16(26-2)8-10-17/h3-12H,13H2,1-2H3,(H,21,24). The van der Waals surface area contributed by atoms with Crippen LogP contribution in [0.25, 0.3) is 11.3 Å². The summed E-state index contributed by atoms with van der Waals surface area (Å²) in [6, 6.07) is 17.3. The van der Waals surface area contributed by atoms with Crippen LogP contribution >= 0.6 is 0 Å². The maximum atomic E-state index is 12.0. The number of nitrogens with zero attached hydrogens (tertiary/aromatic N) is 2. The molecule has 0 spiro atoms. The van der Waals surface area contributed by atoms with Crippen LogP contribution < -0.4 is 20.3 Å². The molecule has 0 aliphatic rings. The van der Waals surface area contributed by atoms with E-state index in [1.807, 2.05) is 12.1 Å². The second kappa shape index (κ2) is 8.18. The molecule has 0 aliphatic carbocycles. The quantitative estimate of drug-likeness (QED) is 0.726. The number of aromatic nitrogens is 2. The van der Waals surface area contributed by atoms with Crippen molar-refractivity contribution in [2.45, 2.75) is 0 Å². The molecule has 0 saturated heterocycles. The monoisotopic (exact) mass is 365 g/mol. The minimum Gasteiger partial charge on any atom is -0.497 e. The zero-order valence-electron chi connectivity index (χ0n) is 15.0. The molecule has 27 heavy (non-hydrogen) atoms. The number of nitrogens with one attached hydrogen (secondary N) is 1. The highest BCUT2D eigenvalue weighted by molar-refractivity contribution is 5.92. The molecule has 0 saturated carbocycles. The highest BCUT2D eigenvalue weighted by atomic mass is 16.5. The lowest BCUT2D eigenvalue weighted by molar-refractivity contribution is -0.118. The van der Waals surface area contributed by atoms with E-state index in [-0.39, 0.29) is 18.1 Å². The molecule has 0 unspecified atom stereocenters. The van der Waals surface area contributed by atoms with Crippen LogP contribution in [0.5, 0.6) is 11.5 Å². The molecule has 3 rings (SSSR count). The fourth-order valence-electron chi connectivity index (χ4n) is 2.40. The third-order valence-corrected chi connectivity index (χ3v) is 3.85. The minimum absolute atomic E-state index is 0.101. The topological polar surface area (TPSA) is 82.5 Å². The first-order valence-electron chi connectivity index (χ1n) is 8.26. The molecule has 0 aliphatic heterocycles. The number of hydrogen-bond acceptors (Lipinski definition) is 5. The van der Waals surface area contributed by atoms with Gasteiger partial charge in [-0.05, 0) is 42.5 Å². The van der Waals surface area contributed by atoms with Crippen molar-refractivity contribution in [2.75, 3.05) is 19.0 Å². The van der Waals surface area contributed by atoms with Crippen LogP contribution in [0.1, 0.15) is 0 Å². The van der Waals surface area contributed by atoms with Gasteiger partial charge in [-0.15, -0.1) is 0 Å². The lowest BCUT2D eigenvalue weighted by Gasteiger charge is -2.09. The Balaban J connectivity index is 1.57. The zero-order chi connectivity index (χ0) is 19.2. The van der Waals surface area contributed by atoms with Crippen LogP contribution in [-0.2, 0) is 11.8 Å². The number of benzene rings is 2. The number of hydrogen-bond donors (Lipinski definition) is 1. The van der Waals surface area contributed by atoms with Gasteiger partial charge in [0, 0.05) is 24.4 Å². The maximum Gasteiger partial charge on any atom is 0.266 e. The summed E-state index contributed by atoms with van der Waals surface area (Å²) in [7, 11) is 3.19. The van der Waals surface area contributed by atoms with E-state index in [1.165, 1.54) is 10.7 Å². The Kier molecular flexibility index (Phi) is 5.51. The molecular weight excluding hydrogens is 346 g/mol. The van der Waals surface area contributed by atoms with Gasteiger partial charge in [0.25, 0.3) is 11.5 Å². The van der Waals surface area contributed by atoms with E-state index in [2.05, 4.69) is 10.4 Å². The molecule has 1 amide bonds. The van der Waals surface area contributed by atoms with Gasteiger partial charge in [0.05, 0.1) is 12.8 Å². The highest BCUT2D eigenvalue weighted by Crippen LogP contribution is 2.19. The van der Waals surface area contributed by atoms with Gasteiger partial charge < -0.3 is 14.8 Å². The largest absolute Gasteiger partial charge is 0.497 e. The fraction of sp³-hybridized carbons (Fsp3) is 0.150. The average Bonchev–Trinajstić information content (AvgIpc) is 2.69. The summed E-state index contributed by atoms with van der Waals surface area (Å²) < 4.78 is 11.8. The normalized spacial score (nSPS) is 10.3. The molecule has 7 heteroatoms. The van der Waals surface area contributed by atoms with Gasteiger partial charge in [0.2, 0.25) is 0 Å². The molecule has 0 bridgehead atoms. The summed E-state index contributed by atoms with van der Waals surface area (Å²) in [5.74, 6) is 1.04. The predicted molar refractivity (Wildman–Crippen MR) is 102 cm³/mol. The van der Waals surface area contributed by atoms with Gasteiger partial charge in [-0.25, -0.2) is 4.68 Å². The lowest BCUT2D eigenvalue weighted by atomic mass is 10.1. The van der Waals surface area contributed by atoms with Crippen LogP contribution in [0.4, 0.5) is 5.69 Å². The summed E-state index contributed by atoms with van der Waals surface area (Å²) in [5, 5.41) is 6.97. The first-order valence-corrected chi connectivity index (χ1v) is 8.26. The second-order valence-corrected chi connectivity index (χ2v) is 5.77. The molecule has 2 aromatic carbocycles. The number of ether oxygens (including phenoxy) is 2. The van der Waals surface area contributed by atoms with E-state index in [1.54, 1.807) is 56.6 Å². The van der Waals surface area contributed by atoms with Crippen LogP contribution in [0.3, 0.4) is 0 Å². The molecule has 0 fully saturated rings. The summed E-state index contributed by atoms with van der Waals surface area (Å²) >= 11 is 0. The van der Waals surface area contributed by atoms with Gasteiger partial charge in [-0.1, -0.05) is 12.1 Å². The first kappa shape index (κ1) is 18.2. The maximum absolute atomic E-state index is 12.0. The second-order valence-electron chi connectivity index (χ2n) is 5.77. The SMILES string of the molecule is COc1ccc(OCC(=O)Nc2ccc(-c3ccc(=O)n(C)n3)cc2)cc1. The zero-order valence-corrected chi connectivity index (χ0v) is 15.0. The molecule has 1 N–H and O–H groups in total. The average molecular weight is 365 g/mol. The van der Waals surface area contributed by atoms with Crippen molar-refractivity contribution < 1.29 is 14.3 Å². The Morgan fingerprint density at radius 1 is 1.00 bits per heavy atom. The molecule has 1 heterocycles. The first-order chi connectivity index (χ1) is 13.0. The summed E-state index contributed by atoms with van der Waals surface area (Å²) in [6.45, 7) is -0.101. The number of anilines is 1. The van der Waals surface area contributed by atoms with Crippen molar-refractivity contribution in [3.05, 3.63) is 71.0 Å². The van der Waals surface area contributed by atoms with E-state index in [4.69, 9.17) is 9.47 Å². The van der Waals surface area contributed by atoms with Crippen molar-refractivity contribution in [2.24, 2.45) is 7.05 Å². The van der Waals surface area contributed by atoms with Crippen LogP contribution in [-0.4, -0.2) is 29.4 Å². The van der Waals surface area contributed by atoms with Crippen LogP contribution in [0, 0.1) is 0 Å². The van der Waals surface area contributed by atoms with Gasteiger partial charge in [0.1, 0.15) is 11.5 Å². The number of methoxy groups -OCH3 is 1. The number of carbonyl (C=O) groups excluding carboxylic acids is 1. The van der Waals surface area contributed by atoms with E-state index >= 15 is 0 Å². The van der Waals surface area contributed by atoms with Crippen molar-refractivity contribution >= 4 is 11.6 Å².